The molecule has 0 radical (unpaired) electrons. The van der Waals surface area contributed by atoms with Crippen molar-refractivity contribution in [2.45, 2.75) is 13.1 Å². The summed E-state index contributed by atoms with van der Waals surface area (Å²) < 4.78 is 39.0. The molecule has 2 aromatic heterocycles. The fraction of sp³-hybridized carbons (Fsp3) is 0.118. The van der Waals surface area contributed by atoms with Crippen LogP contribution in [0.5, 0.6) is 0 Å². The van der Waals surface area contributed by atoms with Gasteiger partial charge < -0.3 is 16.4 Å². The van der Waals surface area contributed by atoms with Crippen LogP contribution in [0.4, 0.5) is 42.0 Å². The van der Waals surface area contributed by atoms with E-state index in [1.54, 1.807) is 12.3 Å². The second-order valence-corrected chi connectivity index (χ2v) is 6.05. The fourth-order valence-corrected chi connectivity index (χ4v) is 2.44. The number of alkyl halides is 3. The van der Waals surface area contributed by atoms with Crippen LogP contribution in [0.2, 0.25) is 5.02 Å². The van der Waals surface area contributed by atoms with E-state index in [4.69, 9.17) is 17.3 Å². The van der Waals surface area contributed by atoms with Crippen LogP contribution in [0.15, 0.2) is 42.9 Å². The van der Waals surface area contributed by atoms with Gasteiger partial charge in [-0.25, -0.2) is 15.0 Å². The summed E-state index contributed by atoms with van der Waals surface area (Å²) in [4.78, 5) is 12.2. The van der Waals surface area contributed by atoms with Gasteiger partial charge >= 0.3 is 6.18 Å². The van der Waals surface area contributed by atoms with Gasteiger partial charge in [0.25, 0.3) is 0 Å². The summed E-state index contributed by atoms with van der Waals surface area (Å²) >= 11 is 5.63. The van der Waals surface area contributed by atoms with E-state index in [0.29, 0.717) is 5.82 Å². The number of nitrogens with two attached hydrogens (primary N) is 1. The molecule has 0 atom stereocenters. The Balaban J connectivity index is 1.87. The van der Waals surface area contributed by atoms with E-state index in [-0.39, 0.29) is 23.0 Å². The molecular weight excluding hydrogens is 381 g/mol. The minimum Gasteiger partial charge on any atom is -0.393 e. The van der Waals surface area contributed by atoms with Crippen molar-refractivity contribution in [3.63, 3.8) is 0 Å². The van der Waals surface area contributed by atoms with Crippen molar-refractivity contribution < 1.29 is 13.2 Å². The smallest absolute Gasteiger partial charge is 0.393 e. The second kappa shape index (κ2) is 7.28. The number of nitrogen functional groups attached to an aromatic ring is 1. The molecule has 4 N–H and O–H groups in total. The first kappa shape index (κ1) is 18.7. The molecule has 3 rings (SSSR count). The molecule has 1 aromatic carbocycles. The Kier molecular flexibility index (Phi) is 5.04. The third-order valence-electron chi connectivity index (χ3n) is 3.58. The molecule has 0 aliphatic rings. The maximum Gasteiger partial charge on any atom is 0.417 e. The summed E-state index contributed by atoms with van der Waals surface area (Å²) in [5.74, 6) is 0.937. The van der Waals surface area contributed by atoms with Crippen LogP contribution in [0.25, 0.3) is 0 Å². The number of benzene rings is 1. The number of anilines is 5. The van der Waals surface area contributed by atoms with E-state index in [1.807, 2.05) is 13.0 Å². The van der Waals surface area contributed by atoms with Crippen LogP contribution in [0.1, 0.15) is 11.1 Å². The maximum absolute atomic E-state index is 13.0. The number of pyridine rings is 1. The highest BCUT2D eigenvalue weighted by Gasteiger charge is 2.33. The van der Waals surface area contributed by atoms with Crippen molar-refractivity contribution in [1.82, 2.24) is 15.0 Å². The maximum atomic E-state index is 13.0. The van der Waals surface area contributed by atoms with E-state index >= 15 is 0 Å². The Morgan fingerprint density at radius 3 is 2.33 bits per heavy atom. The largest absolute Gasteiger partial charge is 0.417 e. The van der Waals surface area contributed by atoms with Gasteiger partial charge in [0.05, 0.1) is 10.6 Å². The summed E-state index contributed by atoms with van der Waals surface area (Å²) in [5.41, 5.74) is 6.33. The normalized spacial score (nSPS) is 11.3. The van der Waals surface area contributed by atoms with E-state index < -0.39 is 16.8 Å². The number of hydrogen-bond donors (Lipinski definition) is 3. The van der Waals surface area contributed by atoms with Crippen molar-refractivity contribution in [2.75, 3.05) is 16.4 Å². The number of rotatable bonds is 4. The van der Waals surface area contributed by atoms with Gasteiger partial charge in [0.1, 0.15) is 17.8 Å². The second-order valence-electron chi connectivity index (χ2n) is 5.65. The topological polar surface area (TPSA) is 88.8 Å². The first-order valence-electron chi connectivity index (χ1n) is 7.68. The molecular formula is C17H14ClF3N6. The van der Waals surface area contributed by atoms with Gasteiger partial charge in [0.15, 0.2) is 11.6 Å². The highest BCUT2D eigenvalue weighted by molar-refractivity contribution is 6.31. The SMILES string of the molecule is Cc1ccc(Nc2ncnc(Nc3ccc(Cl)c(C(F)(F)F)c3)c2N)nc1. The molecule has 2 heterocycles. The average molecular weight is 395 g/mol. The minimum absolute atomic E-state index is 0.128. The Morgan fingerprint density at radius 1 is 1.00 bits per heavy atom. The van der Waals surface area contributed by atoms with E-state index in [1.165, 1.54) is 12.4 Å². The average Bonchev–Trinajstić information content (AvgIpc) is 2.61. The first-order valence-corrected chi connectivity index (χ1v) is 8.06. The molecule has 0 saturated heterocycles. The van der Waals surface area contributed by atoms with E-state index in [0.717, 1.165) is 17.7 Å². The van der Waals surface area contributed by atoms with Gasteiger partial charge in [-0.05, 0) is 36.8 Å². The summed E-state index contributed by atoms with van der Waals surface area (Å²) in [6.07, 6.45) is -1.67. The van der Waals surface area contributed by atoms with Gasteiger partial charge in [0, 0.05) is 11.9 Å². The van der Waals surface area contributed by atoms with Crippen LogP contribution in [0.3, 0.4) is 0 Å². The molecule has 27 heavy (non-hydrogen) atoms. The van der Waals surface area contributed by atoms with Crippen LogP contribution in [0, 0.1) is 6.92 Å². The lowest BCUT2D eigenvalue weighted by molar-refractivity contribution is -0.137. The summed E-state index contributed by atoms with van der Waals surface area (Å²) in [6, 6.07) is 7.04. The predicted octanol–water partition coefficient (Wildman–Crippen LogP) is 4.92. The number of aromatic nitrogens is 3. The van der Waals surface area contributed by atoms with Crippen LogP contribution < -0.4 is 16.4 Å². The number of nitrogens with one attached hydrogen (secondary N) is 2. The quantitative estimate of drug-likeness (QED) is 0.582. The Hall–Kier alpha value is -3.07. The Bertz CT molecular complexity index is 960. The fourth-order valence-electron chi connectivity index (χ4n) is 2.21. The van der Waals surface area contributed by atoms with Crippen molar-refractivity contribution in [1.29, 1.82) is 0 Å². The van der Waals surface area contributed by atoms with Gasteiger partial charge in [-0.1, -0.05) is 17.7 Å². The van der Waals surface area contributed by atoms with E-state index in [9.17, 15) is 13.2 Å². The number of aryl methyl sites for hydroxylation is 1. The Morgan fingerprint density at radius 2 is 1.70 bits per heavy atom. The molecule has 0 aliphatic carbocycles. The lowest BCUT2D eigenvalue weighted by Crippen LogP contribution is -2.08. The van der Waals surface area contributed by atoms with Gasteiger partial charge in [-0.2, -0.15) is 13.2 Å². The number of nitrogens with zero attached hydrogens (tertiary/aromatic N) is 3. The molecule has 0 spiro atoms. The van der Waals surface area contributed by atoms with Gasteiger partial charge in [-0.3, -0.25) is 0 Å². The summed E-state index contributed by atoms with van der Waals surface area (Å²) in [7, 11) is 0. The standard InChI is InChI=1S/C17H14ClF3N6/c1-9-2-5-13(23-7-9)27-16-14(22)15(24-8-25-16)26-10-3-4-12(18)11(6-10)17(19,20)21/h2-8H,22H2,1H3,(H2,23,24,25,26,27). The molecule has 0 unspecified atom stereocenters. The van der Waals surface area contributed by atoms with Crippen molar-refractivity contribution >= 4 is 40.4 Å². The zero-order valence-corrected chi connectivity index (χ0v) is 14.7. The lowest BCUT2D eigenvalue weighted by atomic mass is 10.2. The molecule has 140 valence electrons. The van der Waals surface area contributed by atoms with Gasteiger partial charge in [0.2, 0.25) is 0 Å². The number of halogens is 4. The van der Waals surface area contributed by atoms with Crippen LogP contribution in [-0.2, 0) is 6.18 Å². The third kappa shape index (κ3) is 4.37. The monoisotopic (exact) mass is 394 g/mol. The zero-order valence-electron chi connectivity index (χ0n) is 14.0. The third-order valence-corrected chi connectivity index (χ3v) is 3.91. The molecule has 0 bridgehead atoms. The molecule has 0 amide bonds. The van der Waals surface area contributed by atoms with Crippen LogP contribution in [-0.4, -0.2) is 15.0 Å². The molecule has 6 nitrogen and oxygen atoms in total. The van der Waals surface area contributed by atoms with E-state index in [2.05, 4.69) is 25.6 Å². The lowest BCUT2D eigenvalue weighted by Gasteiger charge is -2.14. The molecule has 0 aliphatic heterocycles. The first-order chi connectivity index (χ1) is 12.7. The zero-order chi connectivity index (χ0) is 19.6. The van der Waals surface area contributed by atoms with Crippen molar-refractivity contribution in [3.8, 4) is 0 Å². The Labute approximate surface area is 157 Å². The molecule has 10 heteroatoms. The predicted molar refractivity (Wildman–Crippen MR) is 98.4 cm³/mol. The number of hydrogen-bond acceptors (Lipinski definition) is 6. The molecule has 3 aromatic rings. The van der Waals surface area contributed by atoms with Gasteiger partial charge in [-0.15, -0.1) is 0 Å². The van der Waals surface area contributed by atoms with Crippen molar-refractivity contribution in [2.24, 2.45) is 0 Å². The summed E-state index contributed by atoms with van der Waals surface area (Å²) in [5, 5.41) is 5.30. The highest BCUT2D eigenvalue weighted by atomic mass is 35.5. The molecule has 0 fully saturated rings. The van der Waals surface area contributed by atoms with Crippen molar-refractivity contribution in [3.05, 3.63) is 59.0 Å². The minimum atomic E-state index is -4.57. The van der Waals surface area contributed by atoms with Crippen LogP contribution >= 0.6 is 11.6 Å². The summed E-state index contributed by atoms with van der Waals surface area (Å²) in [6.45, 7) is 1.90. The highest BCUT2D eigenvalue weighted by Crippen LogP contribution is 2.37. The molecule has 0 saturated carbocycles.